The standard InChI is InChI=1S/C9H14O3/c10-5-1-2-7-3-4-8(11)6-9(7)12/h6-7,10-11H,1-5H2. The highest BCUT2D eigenvalue weighted by Crippen LogP contribution is 2.22. The van der Waals surface area contributed by atoms with Crippen LogP contribution in [-0.4, -0.2) is 22.6 Å². The van der Waals surface area contributed by atoms with Crippen LogP contribution < -0.4 is 0 Å². The summed E-state index contributed by atoms with van der Waals surface area (Å²) < 4.78 is 0. The number of allylic oxidation sites excluding steroid dienone is 2. The molecule has 0 saturated carbocycles. The molecule has 1 aliphatic rings. The Kier molecular flexibility index (Phi) is 3.29. The van der Waals surface area contributed by atoms with Crippen molar-refractivity contribution in [3.05, 3.63) is 11.8 Å². The second kappa shape index (κ2) is 4.26. The molecule has 1 rings (SSSR count). The third-order valence-corrected chi connectivity index (χ3v) is 2.17. The molecule has 0 bridgehead atoms. The number of rotatable bonds is 3. The van der Waals surface area contributed by atoms with Crippen molar-refractivity contribution < 1.29 is 15.0 Å². The number of hydrogen-bond acceptors (Lipinski definition) is 3. The molecule has 2 N–H and O–H groups in total. The number of carbonyl (C=O) groups is 1. The Hall–Kier alpha value is -0.830. The van der Waals surface area contributed by atoms with E-state index in [0.717, 1.165) is 12.8 Å². The van der Waals surface area contributed by atoms with Crippen molar-refractivity contribution in [2.24, 2.45) is 5.92 Å². The van der Waals surface area contributed by atoms with Crippen LogP contribution in [0.3, 0.4) is 0 Å². The van der Waals surface area contributed by atoms with Crippen molar-refractivity contribution in [3.63, 3.8) is 0 Å². The molecule has 0 fully saturated rings. The molecule has 0 aromatic carbocycles. The van der Waals surface area contributed by atoms with E-state index in [9.17, 15) is 4.79 Å². The van der Waals surface area contributed by atoms with Crippen LogP contribution in [0.4, 0.5) is 0 Å². The first kappa shape index (κ1) is 9.26. The topological polar surface area (TPSA) is 57.5 Å². The number of ketones is 1. The van der Waals surface area contributed by atoms with Gasteiger partial charge in [-0.25, -0.2) is 0 Å². The van der Waals surface area contributed by atoms with Crippen LogP contribution in [0.5, 0.6) is 0 Å². The van der Waals surface area contributed by atoms with Gasteiger partial charge in [-0.15, -0.1) is 0 Å². The van der Waals surface area contributed by atoms with E-state index in [1.807, 2.05) is 0 Å². The van der Waals surface area contributed by atoms with Crippen LogP contribution >= 0.6 is 0 Å². The van der Waals surface area contributed by atoms with Crippen LogP contribution in [0, 0.1) is 5.92 Å². The highest BCUT2D eigenvalue weighted by Gasteiger charge is 2.21. The Balaban J connectivity index is 2.42. The molecule has 3 nitrogen and oxygen atoms in total. The fourth-order valence-electron chi connectivity index (χ4n) is 1.44. The van der Waals surface area contributed by atoms with Gasteiger partial charge in [0.25, 0.3) is 0 Å². The van der Waals surface area contributed by atoms with Crippen molar-refractivity contribution in [2.45, 2.75) is 25.7 Å². The average Bonchev–Trinajstić information content (AvgIpc) is 2.03. The summed E-state index contributed by atoms with van der Waals surface area (Å²) in [5.41, 5.74) is 0. The first-order valence-corrected chi connectivity index (χ1v) is 4.28. The number of aliphatic hydroxyl groups excluding tert-OH is 2. The molecular formula is C9H14O3. The van der Waals surface area contributed by atoms with Crippen LogP contribution in [0.25, 0.3) is 0 Å². The number of aliphatic hydroxyl groups is 2. The van der Waals surface area contributed by atoms with E-state index >= 15 is 0 Å². The minimum Gasteiger partial charge on any atom is -0.512 e. The second-order valence-corrected chi connectivity index (χ2v) is 3.14. The average molecular weight is 170 g/mol. The summed E-state index contributed by atoms with van der Waals surface area (Å²) in [6, 6.07) is 0. The fourth-order valence-corrected chi connectivity index (χ4v) is 1.44. The normalized spacial score (nSPS) is 23.9. The van der Waals surface area contributed by atoms with E-state index < -0.39 is 0 Å². The first-order valence-electron chi connectivity index (χ1n) is 4.28. The van der Waals surface area contributed by atoms with Gasteiger partial charge in [0.2, 0.25) is 0 Å². The second-order valence-electron chi connectivity index (χ2n) is 3.14. The fraction of sp³-hybridized carbons (Fsp3) is 0.667. The van der Waals surface area contributed by atoms with E-state index in [1.54, 1.807) is 0 Å². The lowest BCUT2D eigenvalue weighted by Crippen LogP contribution is -2.17. The van der Waals surface area contributed by atoms with Crippen molar-refractivity contribution >= 4 is 5.78 Å². The Labute approximate surface area is 71.7 Å². The molecule has 0 saturated heterocycles. The smallest absolute Gasteiger partial charge is 0.162 e. The molecule has 0 aliphatic heterocycles. The van der Waals surface area contributed by atoms with Gasteiger partial charge >= 0.3 is 0 Å². The summed E-state index contributed by atoms with van der Waals surface area (Å²) in [7, 11) is 0. The zero-order valence-electron chi connectivity index (χ0n) is 6.99. The Morgan fingerprint density at radius 2 is 2.33 bits per heavy atom. The molecule has 68 valence electrons. The molecule has 12 heavy (non-hydrogen) atoms. The van der Waals surface area contributed by atoms with Crippen LogP contribution in [0.15, 0.2) is 11.8 Å². The lowest BCUT2D eigenvalue weighted by atomic mass is 9.88. The summed E-state index contributed by atoms with van der Waals surface area (Å²) in [5.74, 6) is 0.223. The number of carbonyl (C=O) groups excluding carboxylic acids is 1. The quantitative estimate of drug-likeness (QED) is 0.668. The van der Waals surface area contributed by atoms with Gasteiger partial charge in [-0.05, 0) is 19.3 Å². The van der Waals surface area contributed by atoms with Gasteiger partial charge in [0, 0.05) is 25.0 Å². The molecule has 1 unspecified atom stereocenters. The van der Waals surface area contributed by atoms with Crippen LogP contribution in [0.2, 0.25) is 0 Å². The summed E-state index contributed by atoms with van der Waals surface area (Å²) in [5, 5.41) is 17.6. The first-order chi connectivity index (χ1) is 5.74. The van der Waals surface area contributed by atoms with Gasteiger partial charge in [0.1, 0.15) is 0 Å². The predicted octanol–water partition coefficient (Wildman–Crippen LogP) is 1.18. The zero-order valence-corrected chi connectivity index (χ0v) is 6.99. The highest BCUT2D eigenvalue weighted by molar-refractivity contribution is 5.92. The van der Waals surface area contributed by atoms with Crippen LogP contribution in [-0.2, 0) is 4.79 Å². The van der Waals surface area contributed by atoms with Crippen LogP contribution in [0.1, 0.15) is 25.7 Å². The Bertz CT molecular complexity index is 196. The van der Waals surface area contributed by atoms with E-state index in [1.165, 1.54) is 6.08 Å². The van der Waals surface area contributed by atoms with Crippen molar-refractivity contribution in [2.75, 3.05) is 6.61 Å². The largest absolute Gasteiger partial charge is 0.512 e. The van der Waals surface area contributed by atoms with Gasteiger partial charge < -0.3 is 10.2 Å². The molecule has 1 atom stereocenters. The van der Waals surface area contributed by atoms with Gasteiger partial charge in [-0.1, -0.05) is 0 Å². The van der Waals surface area contributed by atoms with E-state index in [2.05, 4.69) is 0 Å². The number of hydrogen-bond donors (Lipinski definition) is 2. The van der Waals surface area contributed by atoms with Gasteiger partial charge in [-0.3, -0.25) is 4.79 Å². The molecule has 1 aliphatic carbocycles. The molecule has 0 heterocycles. The maximum Gasteiger partial charge on any atom is 0.162 e. The molecule has 0 amide bonds. The van der Waals surface area contributed by atoms with E-state index in [4.69, 9.17) is 10.2 Å². The van der Waals surface area contributed by atoms with Gasteiger partial charge in [0.05, 0.1) is 5.76 Å². The lowest BCUT2D eigenvalue weighted by molar-refractivity contribution is -0.119. The molecule has 0 aromatic rings. The van der Waals surface area contributed by atoms with Gasteiger partial charge in [0.15, 0.2) is 5.78 Å². The highest BCUT2D eigenvalue weighted by atomic mass is 16.3. The summed E-state index contributed by atoms with van der Waals surface area (Å²) in [6.07, 6.45) is 4.04. The Morgan fingerprint density at radius 3 is 2.92 bits per heavy atom. The lowest BCUT2D eigenvalue weighted by Gasteiger charge is -2.17. The van der Waals surface area contributed by atoms with E-state index in [0.29, 0.717) is 12.8 Å². The molecule has 0 spiro atoms. The SMILES string of the molecule is O=C1C=C(O)CCC1CCCO. The minimum atomic E-state index is 0.00667. The Morgan fingerprint density at radius 1 is 1.58 bits per heavy atom. The zero-order chi connectivity index (χ0) is 8.97. The molecular weight excluding hydrogens is 156 g/mol. The van der Waals surface area contributed by atoms with Gasteiger partial charge in [-0.2, -0.15) is 0 Å². The summed E-state index contributed by atoms with van der Waals surface area (Å²) in [4.78, 5) is 11.2. The van der Waals surface area contributed by atoms with E-state index in [-0.39, 0.29) is 24.1 Å². The molecule has 3 heteroatoms. The predicted molar refractivity (Wildman–Crippen MR) is 44.8 cm³/mol. The molecule has 0 aromatic heterocycles. The van der Waals surface area contributed by atoms with Crippen molar-refractivity contribution in [3.8, 4) is 0 Å². The van der Waals surface area contributed by atoms with Crippen molar-refractivity contribution in [1.29, 1.82) is 0 Å². The molecule has 0 radical (unpaired) electrons. The monoisotopic (exact) mass is 170 g/mol. The maximum absolute atomic E-state index is 11.2. The summed E-state index contributed by atoms with van der Waals surface area (Å²) in [6.45, 7) is 0.138. The third kappa shape index (κ3) is 2.34. The summed E-state index contributed by atoms with van der Waals surface area (Å²) >= 11 is 0. The maximum atomic E-state index is 11.2. The third-order valence-electron chi connectivity index (χ3n) is 2.17. The minimum absolute atomic E-state index is 0.00667. The van der Waals surface area contributed by atoms with Crippen molar-refractivity contribution in [1.82, 2.24) is 0 Å².